The molecule has 8 aromatic carbocycles. The zero-order valence-electron chi connectivity index (χ0n) is 34.0. The van der Waals surface area contributed by atoms with Gasteiger partial charge in [0.25, 0.3) is 0 Å². The number of nitrogens with zero attached hydrogens (tertiary/aromatic N) is 3. The molecule has 2 heterocycles. The van der Waals surface area contributed by atoms with Crippen molar-refractivity contribution in [2.24, 2.45) is 0 Å². The molecular weight excluding hydrogens is 623 g/mol. The van der Waals surface area contributed by atoms with Crippen molar-refractivity contribution in [2.45, 2.75) is 0 Å². The van der Waals surface area contributed by atoms with E-state index in [9.17, 15) is 1.37 Å². The van der Waals surface area contributed by atoms with E-state index >= 15 is 0 Å². The Hall–Kier alpha value is -6.91. The van der Waals surface area contributed by atoms with Gasteiger partial charge in [0.15, 0.2) is 17.5 Å². The van der Waals surface area contributed by atoms with Gasteiger partial charge >= 0.3 is 0 Å². The van der Waals surface area contributed by atoms with Crippen LogP contribution in [0, 0.1) is 0 Å². The molecule has 0 saturated heterocycles. The van der Waals surface area contributed by atoms with Crippen molar-refractivity contribution in [1.29, 1.82) is 0 Å². The van der Waals surface area contributed by atoms with E-state index in [0.717, 1.165) is 49.4 Å². The molecule has 0 spiro atoms. The number of furan rings is 1. The van der Waals surface area contributed by atoms with E-state index in [0.29, 0.717) is 34.2 Å². The summed E-state index contributed by atoms with van der Waals surface area (Å²) in [4.78, 5) is 14.9. The molecule has 0 bridgehead atoms. The zero-order valence-corrected chi connectivity index (χ0v) is 27.0. The van der Waals surface area contributed by atoms with Gasteiger partial charge in [-0.3, -0.25) is 0 Å². The predicted molar refractivity (Wildman–Crippen MR) is 209 cm³/mol. The maximum atomic E-state index is 9.20. The second kappa shape index (κ2) is 11.9. The standard InChI is InChI=1S/C47H29N3O/c1-3-14-31(15-4-1)45-48-46(32-16-5-2-6-17-32)50-47(49-45)40-28-27-38(36-19-9-10-20-37(36)40)39-22-12-24-42-43(39)41-23-11-21-35(44(41)51-42)34-26-25-30-13-7-8-18-33(30)29-34/h1-29H/i7D,8D,13D,18D,25D,26D,29D. The maximum absolute atomic E-state index is 9.20. The SMILES string of the molecule is [2H]c1c([2H])c([2H])c2c([2H])c(-c3cccc4c3oc3cccc(-c5ccc(-c6nc(-c7ccccc7)nc(-c7ccccc7)n6)c6ccccc56)c34)c([2H])c([2H])c2c1[2H]. The van der Waals surface area contributed by atoms with Crippen molar-refractivity contribution in [3.63, 3.8) is 0 Å². The van der Waals surface area contributed by atoms with Crippen LogP contribution in [0.5, 0.6) is 0 Å². The molecule has 0 amide bonds. The molecule has 238 valence electrons. The van der Waals surface area contributed by atoms with Crippen molar-refractivity contribution >= 4 is 43.5 Å². The van der Waals surface area contributed by atoms with Gasteiger partial charge in [0, 0.05) is 33.0 Å². The van der Waals surface area contributed by atoms with E-state index in [1.165, 1.54) is 0 Å². The minimum absolute atomic E-state index is 0.0608. The van der Waals surface area contributed by atoms with Gasteiger partial charge in [-0.05, 0) is 56.4 Å². The second-order valence-electron chi connectivity index (χ2n) is 12.2. The molecule has 0 fully saturated rings. The quantitative estimate of drug-likeness (QED) is 0.185. The zero-order chi connectivity index (χ0) is 39.8. The molecule has 0 aliphatic rings. The highest BCUT2D eigenvalue weighted by molar-refractivity contribution is 6.18. The molecule has 0 unspecified atom stereocenters. The van der Waals surface area contributed by atoms with E-state index in [1.54, 1.807) is 6.07 Å². The van der Waals surface area contributed by atoms with Crippen molar-refractivity contribution in [3.05, 3.63) is 176 Å². The Labute approximate surface area is 304 Å². The molecule has 0 aliphatic carbocycles. The van der Waals surface area contributed by atoms with Crippen LogP contribution in [0.3, 0.4) is 0 Å². The van der Waals surface area contributed by atoms with E-state index in [-0.39, 0.29) is 34.5 Å². The summed E-state index contributed by atoms with van der Waals surface area (Å²) in [5.41, 5.74) is 5.87. The number of fused-ring (bicyclic) bond motifs is 5. The fourth-order valence-corrected chi connectivity index (χ4v) is 6.84. The lowest BCUT2D eigenvalue weighted by molar-refractivity contribution is 0.670. The number of para-hydroxylation sites is 1. The van der Waals surface area contributed by atoms with E-state index in [4.69, 9.17) is 27.6 Å². The van der Waals surface area contributed by atoms with Crippen LogP contribution >= 0.6 is 0 Å². The van der Waals surface area contributed by atoms with Gasteiger partial charge in [0.05, 0.1) is 9.60 Å². The fourth-order valence-electron chi connectivity index (χ4n) is 6.84. The van der Waals surface area contributed by atoms with Crippen LogP contribution < -0.4 is 0 Å². The second-order valence-corrected chi connectivity index (χ2v) is 12.2. The van der Waals surface area contributed by atoms with Crippen molar-refractivity contribution in [3.8, 4) is 56.4 Å². The van der Waals surface area contributed by atoms with Gasteiger partial charge in [-0.25, -0.2) is 15.0 Å². The van der Waals surface area contributed by atoms with Gasteiger partial charge in [-0.1, -0.05) is 158 Å². The summed E-state index contributed by atoms with van der Waals surface area (Å²) in [6.07, 6.45) is 0. The predicted octanol–water partition coefficient (Wildman–Crippen LogP) is 12.4. The summed E-state index contributed by atoms with van der Waals surface area (Å²) < 4.78 is 67.1. The van der Waals surface area contributed by atoms with Crippen LogP contribution in [0.25, 0.3) is 99.9 Å². The Morgan fingerprint density at radius 3 is 1.75 bits per heavy atom. The van der Waals surface area contributed by atoms with Crippen LogP contribution in [0.1, 0.15) is 9.60 Å². The lowest BCUT2D eigenvalue weighted by atomic mass is 9.91. The Morgan fingerprint density at radius 1 is 0.412 bits per heavy atom. The molecule has 10 rings (SSSR count). The van der Waals surface area contributed by atoms with Gasteiger partial charge in [-0.2, -0.15) is 0 Å². The summed E-state index contributed by atoms with van der Waals surface area (Å²) >= 11 is 0. The first-order valence-electron chi connectivity index (χ1n) is 20.0. The number of benzene rings is 8. The number of hydrogen-bond donors (Lipinski definition) is 0. The Morgan fingerprint density at radius 2 is 1.00 bits per heavy atom. The molecule has 4 nitrogen and oxygen atoms in total. The summed E-state index contributed by atoms with van der Waals surface area (Å²) in [6.45, 7) is 0. The number of rotatable bonds is 5. The number of hydrogen-bond acceptors (Lipinski definition) is 4. The third-order valence-electron chi connectivity index (χ3n) is 9.20. The van der Waals surface area contributed by atoms with E-state index in [2.05, 4.69) is 18.2 Å². The normalized spacial score (nSPS) is 13.5. The highest BCUT2D eigenvalue weighted by atomic mass is 16.3. The Kier molecular flexibility index (Phi) is 5.29. The molecule has 10 aromatic rings. The summed E-state index contributed by atoms with van der Waals surface area (Å²) in [5, 5.41) is 3.20. The molecular formula is C47H29N3O. The maximum Gasteiger partial charge on any atom is 0.164 e. The van der Waals surface area contributed by atoms with Crippen LogP contribution in [0.2, 0.25) is 0 Å². The highest BCUT2D eigenvalue weighted by Gasteiger charge is 2.20. The lowest BCUT2D eigenvalue weighted by Gasteiger charge is -2.13. The van der Waals surface area contributed by atoms with Crippen LogP contribution in [0.15, 0.2) is 180 Å². The van der Waals surface area contributed by atoms with Gasteiger partial charge in [0.1, 0.15) is 11.2 Å². The summed E-state index contributed by atoms with van der Waals surface area (Å²) in [7, 11) is 0. The molecule has 51 heavy (non-hydrogen) atoms. The van der Waals surface area contributed by atoms with Gasteiger partial charge in [-0.15, -0.1) is 0 Å². The summed E-state index contributed by atoms with van der Waals surface area (Å²) in [6, 6.07) is 40.4. The van der Waals surface area contributed by atoms with Gasteiger partial charge in [0.2, 0.25) is 0 Å². The molecule has 0 atom stereocenters. The average molecular weight is 659 g/mol. The smallest absolute Gasteiger partial charge is 0.164 e. The minimum Gasteiger partial charge on any atom is -0.455 e. The van der Waals surface area contributed by atoms with E-state index < -0.39 is 24.2 Å². The highest BCUT2D eigenvalue weighted by Crippen LogP contribution is 2.43. The molecule has 0 radical (unpaired) electrons. The fraction of sp³-hybridized carbons (Fsp3) is 0. The number of aromatic nitrogens is 3. The molecule has 2 aromatic heterocycles. The first kappa shape index (κ1) is 22.7. The van der Waals surface area contributed by atoms with Crippen LogP contribution in [-0.2, 0) is 0 Å². The minimum atomic E-state index is -0.507. The lowest BCUT2D eigenvalue weighted by Crippen LogP contribution is -2.00. The van der Waals surface area contributed by atoms with Crippen LogP contribution in [-0.4, -0.2) is 15.0 Å². The van der Waals surface area contributed by atoms with Gasteiger partial charge < -0.3 is 4.42 Å². The molecule has 4 heteroatoms. The average Bonchev–Trinajstić information content (AvgIpc) is 3.66. The van der Waals surface area contributed by atoms with Crippen molar-refractivity contribution in [1.82, 2.24) is 15.0 Å². The molecule has 0 aliphatic heterocycles. The monoisotopic (exact) mass is 658 g/mol. The van der Waals surface area contributed by atoms with Crippen LogP contribution in [0.4, 0.5) is 0 Å². The van der Waals surface area contributed by atoms with Crippen molar-refractivity contribution in [2.75, 3.05) is 0 Å². The summed E-state index contributed by atoms with van der Waals surface area (Å²) in [5.74, 6) is 1.68. The third kappa shape index (κ3) is 4.96. The first-order valence-corrected chi connectivity index (χ1v) is 16.5. The third-order valence-corrected chi connectivity index (χ3v) is 9.20. The molecule has 0 saturated carbocycles. The molecule has 0 N–H and O–H groups in total. The topological polar surface area (TPSA) is 51.8 Å². The van der Waals surface area contributed by atoms with E-state index in [1.807, 2.05) is 109 Å². The van der Waals surface area contributed by atoms with Crippen molar-refractivity contribution < 1.29 is 14.0 Å². The Balaban J connectivity index is 1.18. The first-order chi connectivity index (χ1) is 28.2. The Bertz CT molecular complexity index is 3260. The largest absolute Gasteiger partial charge is 0.455 e.